The molecule has 0 aliphatic carbocycles. The molecule has 1 aliphatic rings. The molecular weight excluding hydrogens is 390 g/mol. The van der Waals surface area contributed by atoms with Gasteiger partial charge in [-0.1, -0.05) is 25.4 Å². The van der Waals surface area contributed by atoms with Crippen molar-refractivity contribution in [2.45, 2.75) is 53.1 Å². The van der Waals surface area contributed by atoms with Crippen LogP contribution in [0.4, 0.5) is 5.82 Å². The van der Waals surface area contributed by atoms with Crippen molar-refractivity contribution >= 4 is 33.3 Å². The molecule has 2 aromatic heterocycles. The van der Waals surface area contributed by atoms with Gasteiger partial charge in [-0.2, -0.15) is 5.10 Å². The summed E-state index contributed by atoms with van der Waals surface area (Å²) >= 11 is 10.3. The molecule has 1 atom stereocenters. The maximum Gasteiger partial charge on any atom is 0.147 e. The van der Waals surface area contributed by atoms with Crippen molar-refractivity contribution in [1.29, 1.82) is 0 Å². The Hall–Kier alpha value is -1.14. The van der Waals surface area contributed by atoms with Crippen molar-refractivity contribution in [1.82, 2.24) is 19.7 Å². The van der Waals surface area contributed by atoms with Crippen LogP contribution in [0.1, 0.15) is 49.8 Å². The van der Waals surface area contributed by atoms with Crippen molar-refractivity contribution in [3.05, 3.63) is 32.9 Å². The highest BCUT2D eigenvalue weighted by Crippen LogP contribution is 2.41. The van der Waals surface area contributed by atoms with Gasteiger partial charge in [-0.25, -0.2) is 9.97 Å². The zero-order valence-corrected chi connectivity index (χ0v) is 16.9. The number of aryl methyl sites for hydroxylation is 2. The molecule has 3 heterocycles. The molecule has 0 bridgehead atoms. The average Bonchev–Trinajstić information content (AvgIpc) is 3.06. The first kappa shape index (κ1) is 17.7. The van der Waals surface area contributed by atoms with Crippen molar-refractivity contribution in [3.8, 4) is 0 Å². The van der Waals surface area contributed by atoms with E-state index in [0.29, 0.717) is 5.92 Å². The second-order valence-electron chi connectivity index (χ2n) is 6.81. The first-order chi connectivity index (χ1) is 11.4. The molecule has 130 valence electrons. The highest BCUT2D eigenvalue weighted by atomic mass is 79.9. The number of rotatable bonds is 4. The van der Waals surface area contributed by atoms with Gasteiger partial charge >= 0.3 is 0 Å². The first-order valence-electron chi connectivity index (χ1n) is 8.37. The Morgan fingerprint density at radius 2 is 2.12 bits per heavy atom. The van der Waals surface area contributed by atoms with Crippen molar-refractivity contribution in [2.24, 2.45) is 5.92 Å². The smallest absolute Gasteiger partial charge is 0.147 e. The molecule has 1 unspecified atom stereocenters. The summed E-state index contributed by atoms with van der Waals surface area (Å²) in [5.41, 5.74) is 2.15. The molecule has 0 saturated carbocycles. The molecule has 7 heteroatoms. The predicted octanol–water partition coefficient (Wildman–Crippen LogP) is 4.70. The Balaban J connectivity index is 1.99. The second-order valence-corrected chi connectivity index (χ2v) is 8.02. The molecule has 0 radical (unpaired) electrons. The maximum atomic E-state index is 6.71. The number of anilines is 1. The van der Waals surface area contributed by atoms with Crippen LogP contribution in [-0.4, -0.2) is 26.3 Å². The fourth-order valence-corrected chi connectivity index (χ4v) is 4.17. The Morgan fingerprint density at radius 3 is 2.83 bits per heavy atom. The van der Waals surface area contributed by atoms with Gasteiger partial charge in [0.15, 0.2) is 0 Å². The van der Waals surface area contributed by atoms with Gasteiger partial charge in [0.05, 0.1) is 16.2 Å². The first-order valence-corrected chi connectivity index (χ1v) is 9.54. The lowest BCUT2D eigenvalue weighted by atomic mass is 10.1. The Kier molecular flexibility index (Phi) is 5.16. The predicted molar refractivity (Wildman–Crippen MR) is 101 cm³/mol. The Labute approximate surface area is 156 Å². The summed E-state index contributed by atoms with van der Waals surface area (Å²) < 4.78 is 2.86. The average molecular weight is 413 g/mol. The molecule has 1 fully saturated rings. The van der Waals surface area contributed by atoms with Crippen molar-refractivity contribution < 1.29 is 0 Å². The zero-order valence-electron chi connectivity index (χ0n) is 14.6. The van der Waals surface area contributed by atoms with Gasteiger partial charge in [-0.05, 0) is 48.5 Å². The number of halogens is 2. The molecule has 5 nitrogen and oxygen atoms in total. The molecule has 0 aromatic carbocycles. The minimum absolute atomic E-state index is 0.212. The minimum atomic E-state index is 0.212. The van der Waals surface area contributed by atoms with E-state index in [1.165, 1.54) is 0 Å². The monoisotopic (exact) mass is 411 g/mol. The third-order valence-corrected chi connectivity index (χ3v) is 5.31. The molecule has 0 spiro atoms. The quantitative estimate of drug-likeness (QED) is 0.730. The highest BCUT2D eigenvalue weighted by molar-refractivity contribution is 9.10. The summed E-state index contributed by atoms with van der Waals surface area (Å²) in [5.74, 6) is 2.22. The lowest BCUT2D eigenvalue weighted by Gasteiger charge is -2.27. The van der Waals surface area contributed by atoms with Gasteiger partial charge in [0.2, 0.25) is 0 Å². The van der Waals surface area contributed by atoms with Crippen LogP contribution in [0.25, 0.3) is 0 Å². The number of hydrogen-bond donors (Lipinski definition) is 0. The van der Waals surface area contributed by atoms with Crippen LogP contribution in [0.15, 0.2) is 10.7 Å². The SMILES string of the molecule is Cc1ncc(Br)c(N2CCCC2c2c(C)nn(CC(C)C)c2Cl)n1. The van der Waals surface area contributed by atoms with Gasteiger partial charge < -0.3 is 4.90 Å². The molecule has 2 aromatic rings. The molecule has 24 heavy (non-hydrogen) atoms. The van der Waals surface area contributed by atoms with E-state index >= 15 is 0 Å². The van der Waals surface area contributed by atoms with Gasteiger partial charge in [-0.15, -0.1) is 0 Å². The summed E-state index contributed by atoms with van der Waals surface area (Å²) in [6, 6.07) is 0.212. The number of aromatic nitrogens is 4. The lowest BCUT2D eigenvalue weighted by molar-refractivity contribution is 0.481. The van der Waals surface area contributed by atoms with E-state index in [0.717, 1.165) is 58.5 Å². The van der Waals surface area contributed by atoms with E-state index in [-0.39, 0.29) is 6.04 Å². The van der Waals surface area contributed by atoms with Gasteiger partial charge in [0.25, 0.3) is 0 Å². The zero-order chi connectivity index (χ0) is 17.4. The van der Waals surface area contributed by atoms with Crippen LogP contribution in [0, 0.1) is 19.8 Å². The highest BCUT2D eigenvalue weighted by Gasteiger charge is 2.33. The fraction of sp³-hybridized carbons (Fsp3) is 0.588. The maximum absolute atomic E-state index is 6.71. The molecular formula is C17H23BrClN5. The normalized spacial score (nSPS) is 18.0. The van der Waals surface area contributed by atoms with Crippen molar-refractivity contribution in [3.63, 3.8) is 0 Å². The van der Waals surface area contributed by atoms with Gasteiger partial charge in [0, 0.05) is 24.8 Å². The van der Waals surface area contributed by atoms with E-state index in [4.69, 9.17) is 11.6 Å². The molecule has 3 rings (SSSR count). The fourth-order valence-electron chi connectivity index (χ4n) is 3.38. The van der Waals surface area contributed by atoms with E-state index in [9.17, 15) is 0 Å². The van der Waals surface area contributed by atoms with Crippen molar-refractivity contribution in [2.75, 3.05) is 11.4 Å². The van der Waals surface area contributed by atoms with Crippen LogP contribution in [0.3, 0.4) is 0 Å². The summed E-state index contributed by atoms with van der Waals surface area (Å²) in [4.78, 5) is 11.2. The summed E-state index contributed by atoms with van der Waals surface area (Å²) in [6.07, 6.45) is 4.00. The van der Waals surface area contributed by atoms with E-state index in [1.54, 1.807) is 0 Å². The van der Waals surface area contributed by atoms with E-state index in [2.05, 4.69) is 56.7 Å². The largest absolute Gasteiger partial charge is 0.348 e. The molecule has 0 amide bonds. The number of hydrogen-bond acceptors (Lipinski definition) is 4. The van der Waals surface area contributed by atoms with Crippen LogP contribution in [0.2, 0.25) is 5.15 Å². The number of nitrogens with zero attached hydrogens (tertiary/aromatic N) is 5. The summed E-state index contributed by atoms with van der Waals surface area (Å²) in [7, 11) is 0. The van der Waals surface area contributed by atoms with E-state index in [1.807, 2.05) is 17.8 Å². The lowest BCUT2D eigenvalue weighted by Crippen LogP contribution is -2.25. The standard InChI is InChI=1S/C17H23BrClN5/c1-10(2)9-24-16(19)15(11(3)22-24)14-6-5-7-23(14)17-13(18)8-20-12(4)21-17/h8,10,14H,5-7,9H2,1-4H3. The van der Waals surface area contributed by atoms with Crippen LogP contribution < -0.4 is 4.90 Å². The van der Waals surface area contributed by atoms with E-state index < -0.39 is 0 Å². The van der Waals surface area contributed by atoms with Gasteiger partial charge in [0.1, 0.15) is 16.8 Å². The van der Waals surface area contributed by atoms with Crippen LogP contribution in [0.5, 0.6) is 0 Å². The van der Waals surface area contributed by atoms with Crippen LogP contribution >= 0.6 is 27.5 Å². The summed E-state index contributed by atoms with van der Waals surface area (Å²) in [5, 5.41) is 5.44. The Bertz CT molecular complexity index is 743. The molecule has 0 N–H and O–H groups in total. The third-order valence-electron chi connectivity index (χ3n) is 4.35. The minimum Gasteiger partial charge on any atom is -0.348 e. The second kappa shape index (κ2) is 7.00. The topological polar surface area (TPSA) is 46.8 Å². The Morgan fingerprint density at radius 1 is 1.38 bits per heavy atom. The molecule has 1 aliphatic heterocycles. The van der Waals surface area contributed by atoms with Gasteiger partial charge in [-0.3, -0.25) is 4.68 Å². The third kappa shape index (κ3) is 3.31. The molecule has 1 saturated heterocycles. The van der Waals surface area contributed by atoms with Crippen LogP contribution in [-0.2, 0) is 6.54 Å². The summed E-state index contributed by atoms with van der Waals surface area (Å²) in [6.45, 7) is 10.1.